The van der Waals surface area contributed by atoms with Crippen LogP contribution < -0.4 is 10.6 Å². The van der Waals surface area contributed by atoms with Crippen molar-refractivity contribution >= 4 is 28.6 Å². The summed E-state index contributed by atoms with van der Waals surface area (Å²) in [5, 5.41) is 5.67. The molecule has 2 amide bonds. The van der Waals surface area contributed by atoms with Crippen molar-refractivity contribution in [3.63, 3.8) is 0 Å². The summed E-state index contributed by atoms with van der Waals surface area (Å²) in [6.07, 6.45) is 1.09. The molecular formula is C13H17IN2O. The molecule has 4 heteroatoms. The molecule has 92 valence electrons. The van der Waals surface area contributed by atoms with Gasteiger partial charge in [0.1, 0.15) is 0 Å². The Kier molecular flexibility index (Phi) is 3.91. The van der Waals surface area contributed by atoms with Crippen LogP contribution in [0.2, 0.25) is 0 Å². The fourth-order valence-corrected chi connectivity index (χ4v) is 3.18. The summed E-state index contributed by atoms with van der Waals surface area (Å²) >= 11 is 2.45. The van der Waals surface area contributed by atoms with Crippen molar-refractivity contribution in [2.24, 2.45) is 5.92 Å². The van der Waals surface area contributed by atoms with E-state index in [4.69, 9.17) is 0 Å². The van der Waals surface area contributed by atoms with E-state index in [0.29, 0.717) is 9.84 Å². The summed E-state index contributed by atoms with van der Waals surface area (Å²) in [4.78, 5) is 11.5. The number of urea groups is 1. The third-order valence-electron chi connectivity index (χ3n) is 3.31. The second kappa shape index (κ2) is 5.25. The fraction of sp³-hybridized carbons (Fsp3) is 0.462. The topological polar surface area (TPSA) is 41.1 Å². The molecule has 0 radical (unpaired) electrons. The van der Waals surface area contributed by atoms with Crippen LogP contribution in [0.5, 0.6) is 0 Å². The Hall–Kier alpha value is -0.780. The van der Waals surface area contributed by atoms with Gasteiger partial charge in [-0.3, -0.25) is 0 Å². The lowest BCUT2D eigenvalue weighted by Crippen LogP contribution is -2.43. The molecule has 2 rings (SSSR count). The van der Waals surface area contributed by atoms with Crippen molar-refractivity contribution in [1.82, 2.24) is 10.6 Å². The summed E-state index contributed by atoms with van der Waals surface area (Å²) in [5.41, 5.74) is 2.61. The van der Waals surface area contributed by atoms with E-state index >= 15 is 0 Å². The Labute approximate surface area is 116 Å². The molecule has 0 aromatic heterocycles. The molecular weight excluding hydrogens is 327 g/mol. The predicted octanol–water partition coefficient (Wildman–Crippen LogP) is 2.65. The molecule has 1 aliphatic carbocycles. The van der Waals surface area contributed by atoms with Gasteiger partial charge in [-0.15, -0.1) is 0 Å². The zero-order valence-electron chi connectivity index (χ0n) is 10.0. The van der Waals surface area contributed by atoms with Crippen LogP contribution in [0.3, 0.4) is 0 Å². The number of carbonyl (C=O) groups excluding carboxylic acids is 1. The van der Waals surface area contributed by atoms with E-state index in [-0.39, 0.29) is 12.1 Å². The van der Waals surface area contributed by atoms with Gasteiger partial charge in [-0.2, -0.15) is 0 Å². The average molecular weight is 344 g/mol. The number of hydrogen-bond donors (Lipinski definition) is 2. The molecule has 0 spiro atoms. The van der Waals surface area contributed by atoms with E-state index in [1.807, 2.05) is 6.07 Å². The van der Waals surface area contributed by atoms with Gasteiger partial charge in [0.25, 0.3) is 0 Å². The molecule has 17 heavy (non-hydrogen) atoms. The smallest absolute Gasteiger partial charge is 0.315 e. The molecule has 0 bridgehead atoms. The molecule has 1 aromatic carbocycles. The van der Waals surface area contributed by atoms with Gasteiger partial charge in [-0.25, -0.2) is 4.79 Å². The van der Waals surface area contributed by atoms with Crippen molar-refractivity contribution in [3.8, 4) is 0 Å². The van der Waals surface area contributed by atoms with Crippen molar-refractivity contribution in [3.05, 3.63) is 35.4 Å². The molecule has 1 aromatic rings. The van der Waals surface area contributed by atoms with E-state index in [1.54, 1.807) is 7.05 Å². The maximum Gasteiger partial charge on any atom is 0.315 e. The van der Waals surface area contributed by atoms with Crippen LogP contribution in [0, 0.1) is 5.92 Å². The van der Waals surface area contributed by atoms with Gasteiger partial charge in [-0.1, -0.05) is 53.8 Å². The highest BCUT2D eigenvalue weighted by Crippen LogP contribution is 2.37. The second-order valence-electron chi connectivity index (χ2n) is 4.53. The van der Waals surface area contributed by atoms with Crippen LogP contribution in [-0.4, -0.2) is 17.0 Å². The predicted molar refractivity (Wildman–Crippen MR) is 77.5 cm³/mol. The first-order valence-corrected chi connectivity index (χ1v) is 7.08. The SMILES string of the molecule is CNC(=O)N[C@@H]1c2ccccc2CC(C)[C@@H]1I. The van der Waals surface area contributed by atoms with Gasteiger partial charge in [0, 0.05) is 11.0 Å². The van der Waals surface area contributed by atoms with Gasteiger partial charge >= 0.3 is 6.03 Å². The van der Waals surface area contributed by atoms with Gasteiger partial charge < -0.3 is 10.6 Å². The van der Waals surface area contributed by atoms with Gasteiger partial charge in [0.05, 0.1) is 6.04 Å². The van der Waals surface area contributed by atoms with Gasteiger partial charge in [0.2, 0.25) is 0 Å². The number of nitrogens with one attached hydrogen (secondary N) is 2. The molecule has 0 saturated carbocycles. The maximum absolute atomic E-state index is 11.5. The van der Waals surface area contributed by atoms with Crippen molar-refractivity contribution < 1.29 is 4.79 Å². The molecule has 2 N–H and O–H groups in total. The van der Waals surface area contributed by atoms with Crippen LogP contribution >= 0.6 is 22.6 Å². The van der Waals surface area contributed by atoms with Crippen LogP contribution in [0.25, 0.3) is 0 Å². The molecule has 0 saturated heterocycles. The van der Waals surface area contributed by atoms with Crippen LogP contribution in [-0.2, 0) is 6.42 Å². The molecule has 1 aliphatic rings. The quantitative estimate of drug-likeness (QED) is 0.597. The molecule has 1 unspecified atom stereocenters. The summed E-state index contributed by atoms with van der Waals surface area (Å²) < 4.78 is 0.430. The molecule has 3 nitrogen and oxygen atoms in total. The normalized spacial score (nSPS) is 27.1. The largest absolute Gasteiger partial charge is 0.341 e. The molecule has 0 aliphatic heterocycles. The highest BCUT2D eigenvalue weighted by Gasteiger charge is 2.33. The first-order chi connectivity index (χ1) is 8.13. The van der Waals surface area contributed by atoms with Crippen molar-refractivity contribution in [2.45, 2.75) is 23.3 Å². The molecule has 3 atom stereocenters. The van der Waals surface area contributed by atoms with E-state index in [0.717, 1.165) is 6.42 Å². The number of carbonyl (C=O) groups is 1. The van der Waals surface area contributed by atoms with Crippen molar-refractivity contribution in [1.29, 1.82) is 0 Å². The number of hydrogen-bond acceptors (Lipinski definition) is 1. The number of benzene rings is 1. The number of alkyl halides is 1. The molecule has 0 fully saturated rings. The highest BCUT2D eigenvalue weighted by molar-refractivity contribution is 14.1. The maximum atomic E-state index is 11.5. The van der Waals surface area contributed by atoms with E-state index < -0.39 is 0 Å². The van der Waals surface area contributed by atoms with E-state index in [1.165, 1.54) is 11.1 Å². The minimum Gasteiger partial charge on any atom is -0.341 e. The Morgan fingerprint density at radius 1 is 1.41 bits per heavy atom. The Balaban J connectivity index is 2.32. The number of amides is 2. The van der Waals surface area contributed by atoms with Gasteiger partial charge in [0.15, 0.2) is 0 Å². The summed E-state index contributed by atoms with van der Waals surface area (Å²) in [6.45, 7) is 2.24. The monoisotopic (exact) mass is 344 g/mol. The van der Waals surface area contributed by atoms with Crippen LogP contribution in [0.4, 0.5) is 4.79 Å². The minimum absolute atomic E-state index is 0.107. The zero-order valence-corrected chi connectivity index (χ0v) is 12.2. The lowest BCUT2D eigenvalue weighted by atomic mass is 9.81. The number of fused-ring (bicyclic) bond motifs is 1. The lowest BCUT2D eigenvalue weighted by molar-refractivity contribution is 0.237. The second-order valence-corrected chi connectivity index (χ2v) is 5.96. The molecule has 0 heterocycles. The standard InChI is InChI=1S/C13H17IN2O/c1-8-7-9-5-3-4-6-10(9)12(11(8)14)16-13(17)15-2/h3-6,8,11-12H,7H2,1-2H3,(H2,15,16,17)/t8?,11-,12+/m0/s1. The lowest BCUT2D eigenvalue weighted by Gasteiger charge is -2.35. The Morgan fingerprint density at radius 2 is 2.12 bits per heavy atom. The highest BCUT2D eigenvalue weighted by atomic mass is 127. The Morgan fingerprint density at radius 3 is 2.82 bits per heavy atom. The van der Waals surface area contributed by atoms with Crippen LogP contribution in [0.1, 0.15) is 24.1 Å². The first kappa shape index (κ1) is 12.7. The van der Waals surface area contributed by atoms with E-state index in [2.05, 4.69) is 58.3 Å². The number of halogens is 1. The third kappa shape index (κ3) is 2.56. The fourth-order valence-electron chi connectivity index (χ4n) is 2.35. The Bertz CT molecular complexity index is 422. The first-order valence-electron chi connectivity index (χ1n) is 5.83. The number of rotatable bonds is 1. The van der Waals surface area contributed by atoms with Crippen LogP contribution in [0.15, 0.2) is 24.3 Å². The average Bonchev–Trinajstić information content (AvgIpc) is 2.34. The van der Waals surface area contributed by atoms with Gasteiger partial charge in [-0.05, 0) is 23.5 Å². The minimum atomic E-state index is -0.111. The van der Waals surface area contributed by atoms with Crippen molar-refractivity contribution in [2.75, 3.05) is 7.05 Å². The summed E-state index contributed by atoms with van der Waals surface area (Å²) in [6, 6.07) is 8.38. The summed E-state index contributed by atoms with van der Waals surface area (Å²) in [7, 11) is 1.65. The van der Waals surface area contributed by atoms with E-state index in [9.17, 15) is 4.79 Å². The zero-order chi connectivity index (χ0) is 12.4. The third-order valence-corrected chi connectivity index (χ3v) is 5.25. The summed E-state index contributed by atoms with van der Waals surface area (Å²) in [5.74, 6) is 0.577.